The number of nitro groups is 1. The Balaban J connectivity index is 2.06. The molecular formula is C26H34N5O5. The zero-order valence-electron chi connectivity index (χ0n) is 21.7. The van der Waals surface area contributed by atoms with Crippen molar-refractivity contribution in [3.05, 3.63) is 62.5 Å². The van der Waals surface area contributed by atoms with Crippen LogP contribution in [0, 0.1) is 21.4 Å². The lowest BCUT2D eigenvalue weighted by molar-refractivity contribution is -0.385. The van der Waals surface area contributed by atoms with E-state index in [-0.39, 0.29) is 41.6 Å². The Morgan fingerprint density at radius 1 is 1.28 bits per heavy atom. The van der Waals surface area contributed by atoms with Gasteiger partial charge in [0.25, 0.3) is 5.69 Å². The normalized spacial score (nSPS) is 22.1. The number of hydrogen-bond donors (Lipinski definition) is 2. The second kappa shape index (κ2) is 10.4. The van der Waals surface area contributed by atoms with Gasteiger partial charge in [-0.2, -0.15) is 5.26 Å². The fourth-order valence-electron chi connectivity index (χ4n) is 5.50. The van der Waals surface area contributed by atoms with E-state index >= 15 is 0 Å². The van der Waals surface area contributed by atoms with E-state index in [9.17, 15) is 25.4 Å². The summed E-state index contributed by atoms with van der Waals surface area (Å²) in [5.41, 5.74) is 0.323. The highest BCUT2D eigenvalue weighted by Gasteiger charge is 2.46. The molecule has 0 aromatic heterocycles. The van der Waals surface area contributed by atoms with Gasteiger partial charge in [-0.15, -0.1) is 10.3 Å². The first-order valence-corrected chi connectivity index (χ1v) is 12.1. The molecule has 1 aromatic carbocycles. The van der Waals surface area contributed by atoms with Gasteiger partial charge in [0.15, 0.2) is 0 Å². The summed E-state index contributed by atoms with van der Waals surface area (Å²) >= 11 is 0. The van der Waals surface area contributed by atoms with Crippen LogP contribution in [0.15, 0.2) is 46.8 Å². The SMILES string of the molecule is CCOC(=O)C1=C(CNC2CC(C)(C)N([O])C(C)(C)C2)NC(C)=C(C#N)C1c1ccccc1[N+](=O)[O-]. The van der Waals surface area contributed by atoms with Gasteiger partial charge in [-0.3, -0.25) is 10.1 Å². The van der Waals surface area contributed by atoms with Crippen LogP contribution in [-0.2, 0) is 14.7 Å². The third-order valence-corrected chi connectivity index (χ3v) is 6.86. The van der Waals surface area contributed by atoms with Crippen molar-refractivity contribution in [3.8, 4) is 6.07 Å². The van der Waals surface area contributed by atoms with Gasteiger partial charge in [0.2, 0.25) is 0 Å². The molecule has 0 bridgehead atoms. The maximum absolute atomic E-state index is 13.2. The van der Waals surface area contributed by atoms with Crippen LogP contribution in [0.3, 0.4) is 0 Å². The molecule has 36 heavy (non-hydrogen) atoms. The van der Waals surface area contributed by atoms with Crippen molar-refractivity contribution in [1.82, 2.24) is 15.7 Å². The van der Waals surface area contributed by atoms with Crippen molar-refractivity contribution in [1.29, 1.82) is 5.26 Å². The van der Waals surface area contributed by atoms with Gasteiger partial charge < -0.3 is 15.4 Å². The second-order valence-corrected chi connectivity index (χ2v) is 10.5. The van der Waals surface area contributed by atoms with Gasteiger partial charge in [0.1, 0.15) is 0 Å². The van der Waals surface area contributed by atoms with Crippen molar-refractivity contribution in [2.24, 2.45) is 0 Å². The van der Waals surface area contributed by atoms with Crippen molar-refractivity contribution in [3.63, 3.8) is 0 Å². The molecule has 1 aromatic rings. The number of piperidine rings is 1. The van der Waals surface area contributed by atoms with Crippen LogP contribution < -0.4 is 10.6 Å². The van der Waals surface area contributed by atoms with E-state index in [0.717, 1.165) is 5.06 Å². The van der Waals surface area contributed by atoms with E-state index in [1.807, 2.05) is 27.7 Å². The molecule has 0 aliphatic carbocycles. The standard InChI is InChI=1S/C26H34N5O5/c1-7-36-24(32)23-20(15-28-17-12-25(3,4)31(35)26(5,6)13-17)29-16(2)19(14-27)22(23)18-10-8-9-11-21(18)30(33)34/h8-11,17,22,28-29H,7,12-13,15H2,1-6H3. The van der Waals surface area contributed by atoms with Crippen molar-refractivity contribution in [2.75, 3.05) is 13.2 Å². The Hall–Kier alpha value is -3.26. The highest BCUT2D eigenvalue weighted by molar-refractivity contribution is 5.93. The number of esters is 1. The molecule has 193 valence electrons. The summed E-state index contributed by atoms with van der Waals surface area (Å²) in [7, 11) is 0. The first kappa shape index (κ1) is 27.3. The maximum atomic E-state index is 13.2. The molecule has 2 aliphatic rings. The molecule has 2 N–H and O–H groups in total. The molecule has 1 atom stereocenters. The number of nitriles is 1. The number of allylic oxidation sites excluding steroid dienone is 2. The van der Waals surface area contributed by atoms with Crippen molar-refractivity contribution in [2.45, 2.75) is 77.4 Å². The summed E-state index contributed by atoms with van der Waals surface area (Å²) < 4.78 is 5.35. The van der Waals surface area contributed by atoms with Gasteiger partial charge >= 0.3 is 5.97 Å². The monoisotopic (exact) mass is 496 g/mol. The Labute approximate surface area is 211 Å². The minimum atomic E-state index is -0.954. The number of carbonyl (C=O) groups excluding carboxylic acids is 1. The Morgan fingerprint density at radius 3 is 2.44 bits per heavy atom. The minimum Gasteiger partial charge on any atom is -0.463 e. The van der Waals surface area contributed by atoms with Gasteiger partial charge in [-0.25, -0.2) is 4.79 Å². The number of ether oxygens (including phenoxy) is 1. The van der Waals surface area contributed by atoms with Crippen LogP contribution in [0.25, 0.3) is 0 Å². The predicted octanol–water partition coefficient (Wildman–Crippen LogP) is 3.85. The number of dihydropyridines is 1. The lowest BCUT2D eigenvalue weighted by atomic mass is 9.78. The molecule has 10 nitrogen and oxygen atoms in total. The van der Waals surface area contributed by atoms with Crippen molar-refractivity contribution >= 4 is 11.7 Å². The average molecular weight is 497 g/mol. The molecule has 0 spiro atoms. The number of hydrogen-bond acceptors (Lipinski definition) is 8. The van der Waals surface area contributed by atoms with Crippen LogP contribution in [0.4, 0.5) is 5.69 Å². The molecule has 10 heteroatoms. The van der Waals surface area contributed by atoms with Crippen molar-refractivity contribution < 1.29 is 19.7 Å². The number of nitrogens with one attached hydrogen (secondary N) is 2. The first-order valence-electron chi connectivity index (χ1n) is 12.1. The van der Waals surface area contributed by atoms with Gasteiger partial charge in [-0.1, -0.05) is 18.2 Å². The summed E-state index contributed by atoms with van der Waals surface area (Å²) in [6.07, 6.45) is 1.21. The number of para-hydroxylation sites is 1. The fraction of sp³-hybridized carbons (Fsp3) is 0.538. The highest BCUT2D eigenvalue weighted by atomic mass is 16.6. The highest BCUT2D eigenvalue weighted by Crippen LogP contribution is 2.42. The molecule has 1 fully saturated rings. The quantitative estimate of drug-likeness (QED) is 0.329. The van der Waals surface area contributed by atoms with Crippen LogP contribution in [0.2, 0.25) is 0 Å². The third kappa shape index (κ3) is 5.28. The van der Waals surface area contributed by atoms with E-state index in [1.165, 1.54) is 6.07 Å². The number of nitro benzene ring substituents is 1. The Morgan fingerprint density at radius 2 is 1.89 bits per heavy atom. The zero-order valence-corrected chi connectivity index (χ0v) is 21.7. The van der Waals surface area contributed by atoms with E-state index in [2.05, 4.69) is 16.7 Å². The van der Waals surface area contributed by atoms with Gasteiger partial charge in [0, 0.05) is 46.7 Å². The number of hydroxylamine groups is 2. The van der Waals surface area contributed by atoms with Crippen LogP contribution in [-0.4, -0.2) is 46.2 Å². The lowest BCUT2D eigenvalue weighted by Crippen LogP contribution is -2.62. The van der Waals surface area contributed by atoms with Gasteiger partial charge in [0.05, 0.1) is 34.7 Å². The number of nitrogens with zero attached hydrogens (tertiary/aromatic N) is 3. The molecule has 2 heterocycles. The first-order chi connectivity index (χ1) is 16.8. The summed E-state index contributed by atoms with van der Waals surface area (Å²) in [5, 5.41) is 42.3. The second-order valence-electron chi connectivity index (χ2n) is 10.5. The largest absolute Gasteiger partial charge is 0.463 e. The minimum absolute atomic E-state index is 0.0101. The smallest absolute Gasteiger partial charge is 0.336 e. The Bertz CT molecular complexity index is 1130. The van der Waals surface area contributed by atoms with E-state index in [4.69, 9.17) is 4.74 Å². The summed E-state index contributed by atoms with van der Waals surface area (Å²) in [4.78, 5) is 24.6. The predicted molar refractivity (Wildman–Crippen MR) is 133 cm³/mol. The molecule has 3 rings (SSSR count). The van der Waals surface area contributed by atoms with Gasteiger partial charge in [-0.05, 0) is 54.4 Å². The maximum Gasteiger partial charge on any atom is 0.336 e. The van der Waals surface area contributed by atoms with Crippen LogP contribution in [0.5, 0.6) is 0 Å². The fourth-order valence-corrected chi connectivity index (χ4v) is 5.50. The Kier molecular flexibility index (Phi) is 7.88. The molecule has 2 aliphatic heterocycles. The summed E-state index contributed by atoms with van der Waals surface area (Å²) in [5.74, 6) is -1.59. The third-order valence-electron chi connectivity index (χ3n) is 6.86. The molecule has 1 saturated heterocycles. The molecular weight excluding hydrogens is 462 g/mol. The van der Waals surface area contributed by atoms with Crippen LogP contribution in [0.1, 0.15) is 65.9 Å². The molecule has 0 amide bonds. The topological polar surface area (TPSA) is 140 Å². The van der Waals surface area contributed by atoms with E-state index < -0.39 is 27.9 Å². The molecule has 1 radical (unpaired) electrons. The lowest BCUT2D eigenvalue weighted by Gasteiger charge is -2.50. The van der Waals surface area contributed by atoms with E-state index in [0.29, 0.717) is 24.2 Å². The number of rotatable bonds is 7. The average Bonchev–Trinajstić information content (AvgIpc) is 2.80. The molecule has 1 unspecified atom stereocenters. The summed E-state index contributed by atoms with van der Waals surface area (Å²) in [6, 6.07) is 8.26. The molecule has 0 saturated carbocycles. The number of carbonyl (C=O) groups is 1. The zero-order chi connectivity index (χ0) is 26.8. The number of benzene rings is 1. The summed E-state index contributed by atoms with van der Waals surface area (Å²) in [6.45, 7) is 11.4. The van der Waals surface area contributed by atoms with E-state index in [1.54, 1.807) is 32.0 Å². The van der Waals surface area contributed by atoms with Crippen LogP contribution >= 0.6 is 0 Å².